The van der Waals surface area contributed by atoms with Gasteiger partial charge in [-0.05, 0) is 44.0 Å². The third kappa shape index (κ3) is 5.31. The van der Waals surface area contributed by atoms with Gasteiger partial charge in [0.2, 0.25) is 11.8 Å². The number of rotatable bonds is 7. The third-order valence-electron chi connectivity index (χ3n) is 4.65. The largest absolute Gasteiger partial charge is 0.441 e. The van der Waals surface area contributed by atoms with Crippen LogP contribution in [0.1, 0.15) is 29.0 Å². The first-order valence-electron chi connectivity index (χ1n) is 9.67. The van der Waals surface area contributed by atoms with E-state index in [-0.39, 0.29) is 31.2 Å². The Balaban J connectivity index is 1.48. The van der Waals surface area contributed by atoms with Crippen molar-refractivity contribution in [2.75, 3.05) is 11.9 Å². The summed E-state index contributed by atoms with van der Waals surface area (Å²) in [4.78, 5) is 28.3. The van der Waals surface area contributed by atoms with Gasteiger partial charge in [0, 0.05) is 18.5 Å². The number of nitrogens with zero attached hydrogens (tertiary/aromatic N) is 1. The molecule has 1 aromatic heterocycles. The lowest BCUT2D eigenvalue weighted by Crippen LogP contribution is -2.33. The van der Waals surface area contributed by atoms with Gasteiger partial charge in [-0.2, -0.15) is 0 Å². The molecule has 2 amide bonds. The summed E-state index contributed by atoms with van der Waals surface area (Å²) in [5, 5.41) is 5.43. The van der Waals surface area contributed by atoms with Crippen molar-refractivity contribution >= 4 is 17.5 Å². The number of carbonyl (C=O) groups is 2. The normalized spacial score (nSPS) is 10.7. The Morgan fingerprint density at radius 3 is 2.47 bits per heavy atom. The van der Waals surface area contributed by atoms with Crippen LogP contribution >= 0.6 is 0 Å². The van der Waals surface area contributed by atoms with E-state index in [4.69, 9.17) is 4.42 Å². The van der Waals surface area contributed by atoms with Crippen molar-refractivity contribution in [1.29, 1.82) is 0 Å². The average molecular weight is 409 g/mol. The molecule has 2 aromatic carbocycles. The molecule has 0 spiro atoms. The van der Waals surface area contributed by atoms with Gasteiger partial charge in [0.15, 0.2) is 11.7 Å². The minimum Gasteiger partial charge on any atom is -0.441 e. The van der Waals surface area contributed by atoms with Crippen LogP contribution in [-0.2, 0) is 16.0 Å². The highest BCUT2D eigenvalue weighted by molar-refractivity contribution is 5.95. The lowest BCUT2D eigenvalue weighted by molar-refractivity contribution is -0.124. The number of carbonyl (C=O) groups excluding carboxylic acids is 2. The number of aryl methyl sites for hydroxylation is 4. The van der Waals surface area contributed by atoms with Crippen molar-refractivity contribution in [3.8, 4) is 11.3 Å². The zero-order chi connectivity index (χ0) is 21.7. The van der Waals surface area contributed by atoms with Crippen molar-refractivity contribution in [2.24, 2.45) is 0 Å². The van der Waals surface area contributed by atoms with Gasteiger partial charge in [0.25, 0.3) is 0 Å². The number of aromatic nitrogens is 1. The molecular weight excluding hydrogens is 385 g/mol. The minimum atomic E-state index is -0.400. The highest BCUT2D eigenvalue weighted by atomic mass is 19.1. The van der Waals surface area contributed by atoms with Gasteiger partial charge in [-0.1, -0.05) is 29.8 Å². The summed E-state index contributed by atoms with van der Waals surface area (Å²) in [5.74, 6) is -0.349. The minimum absolute atomic E-state index is 0.104. The van der Waals surface area contributed by atoms with Gasteiger partial charge in [-0.3, -0.25) is 9.59 Å². The fourth-order valence-corrected chi connectivity index (χ4v) is 3.26. The van der Waals surface area contributed by atoms with Gasteiger partial charge in [-0.25, -0.2) is 9.37 Å². The fourth-order valence-electron chi connectivity index (χ4n) is 3.26. The molecule has 0 aliphatic heterocycles. The van der Waals surface area contributed by atoms with Crippen molar-refractivity contribution in [3.05, 3.63) is 71.0 Å². The lowest BCUT2D eigenvalue weighted by atomic mass is 10.1. The first-order valence-corrected chi connectivity index (χ1v) is 9.67. The summed E-state index contributed by atoms with van der Waals surface area (Å²) < 4.78 is 19.3. The standard InChI is InChI=1S/C23H24FN3O3/c1-14-10-15(2)23(16(3)11-14)27-21(29)13-25-20(28)8-9-22-26-12-19(30-22)17-6-4-5-7-18(17)24/h4-7,10-12H,8-9,13H2,1-3H3,(H,25,28)(H,27,29). The number of anilines is 1. The first kappa shape index (κ1) is 21.2. The molecule has 0 fully saturated rings. The molecule has 0 radical (unpaired) electrons. The number of oxazole rings is 1. The lowest BCUT2D eigenvalue weighted by Gasteiger charge is -2.13. The highest BCUT2D eigenvalue weighted by Gasteiger charge is 2.13. The second kappa shape index (κ2) is 9.35. The Labute approximate surface area is 174 Å². The van der Waals surface area contributed by atoms with E-state index in [1.165, 1.54) is 12.3 Å². The fraction of sp³-hybridized carbons (Fsp3) is 0.261. The summed E-state index contributed by atoms with van der Waals surface area (Å²) in [5.41, 5.74) is 4.16. The van der Waals surface area contributed by atoms with Crippen molar-refractivity contribution in [2.45, 2.75) is 33.6 Å². The van der Waals surface area contributed by atoms with Crippen LogP contribution in [0.15, 0.2) is 47.0 Å². The second-order valence-corrected chi connectivity index (χ2v) is 7.20. The zero-order valence-corrected chi connectivity index (χ0v) is 17.2. The molecule has 30 heavy (non-hydrogen) atoms. The number of hydrogen-bond donors (Lipinski definition) is 2. The van der Waals surface area contributed by atoms with E-state index in [0.29, 0.717) is 17.2 Å². The van der Waals surface area contributed by atoms with Crippen molar-refractivity contribution in [1.82, 2.24) is 10.3 Å². The van der Waals surface area contributed by atoms with Crippen LogP contribution < -0.4 is 10.6 Å². The molecule has 3 aromatic rings. The van der Waals surface area contributed by atoms with Crippen LogP contribution in [0.5, 0.6) is 0 Å². The molecule has 0 aliphatic carbocycles. The monoisotopic (exact) mass is 409 g/mol. The highest BCUT2D eigenvalue weighted by Crippen LogP contribution is 2.24. The number of halogens is 1. The van der Waals surface area contributed by atoms with Crippen LogP contribution in [0.4, 0.5) is 10.1 Å². The van der Waals surface area contributed by atoms with E-state index in [0.717, 1.165) is 22.4 Å². The Hall–Kier alpha value is -3.48. The Bertz CT molecular complexity index is 1050. The van der Waals surface area contributed by atoms with Gasteiger partial charge >= 0.3 is 0 Å². The van der Waals surface area contributed by atoms with Crippen molar-refractivity contribution in [3.63, 3.8) is 0 Å². The van der Waals surface area contributed by atoms with Crippen molar-refractivity contribution < 1.29 is 18.4 Å². The maximum absolute atomic E-state index is 13.8. The van der Waals surface area contributed by atoms with E-state index in [2.05, 4.69) is 15.6 Å². The topological polar surface area (TPSA) is 84.2 Å². The average Bonchev–Trinajstić information content (AvgIpc) is 3.16. The third-order valence-corrected chi connectivity index (χ3v) is 4.65. The van der Waals surface area contributed by atoms with Crippen LogP contribution in [0, 0.1) is 26.6 Å². The van der Waals surface area contributed by atoms with Crippen LogP contribution in [0.2, 0.25) is 0 Å². The summed E-state index contributed by atoms with van der Waals surface area (Å²) in [6.45, 7) is 5.73. The van der Waals surface area contributed by atoms with E-state index in [1.54, 1.807) is 18.2 Å². The molecule has 0 saturated heterocycles. The van der Waals surface area contributed by atoms with Crippen LogP contribution in [0.3, 0.4) is 0 Å². The van der Waals surface area contributed by atoms with Crippen LogP contribution in [-0.4, -0.2) is 23.3 Å². The van der Waals surface area contributed by atoms with E-state index < -0.39 is 5.82 Å². The second-order valence-electron chi connectivity index (χ2n) is 7.20. The quantitative estimate of drug-likeness (QED) is 0.616. The molecule has 156 valence electrons. The van der Waals surface area contributed by atoms with Crippen LogP contribution in [0.25, 0.3) is 11.3 Å². The predicted molar refractivity (Wildman–Crippen MR) is 113 cm³/mol. The van der Waals surface area contributed by atoms with Gasteiger partial charge in [0.1, 0.15) is 5.82 Å². The SMILES string of the molecule is Cc1cc(C)c(NC(=O)CNC(=O)CCc2ncc(-c3ccccc3F)o2)c(C)c1. The van der Waals surface area contributed by atoms with Gasteiger partial charge < -0.3 is 15.1 Å². The smallest absolute Gasteiger partial charge is 0.243 e. The zero-order valence-electron chi connectivity index (χ0n) is 17.2. The molecule has 0 unspecified atom stereocenters. The molecule has 2 N–H and O–H groups in total. The number of hydrogen-bond acceptors (Lipinski definition) is 4. The van der Waals surface area contributed by atoms with E-state index >= 15 is 0 Å². The van der Waals surface area contributed by atoms with E-state index in [9.17, 15) is 14.0 Å². The number of amides is 2. The summed E-state index contributed by atoms with van der Waals surface area (Å²) in [6, 6.07) is 10.2. The number of benzene rings is 2. The molecule has 0 saturated carbocycles. The molecule has 0 atom stereocenters. The molecule has 0 aliphatic rings. The summed E-state index contributed by atoms with van der Waals surface area (Å²) in [6.07, 6.45) is 1.79. The maximum atomic E-state index is 13.8. The Morgan fingerprint density at radius 1 is 1.07 bits per heavy atom. The molecule has 1 heterocycles. The summed E-state index contributed by atoms with van der Waals surface area (Å²) in [7, 11) is 0. The maximum Gasteiger partial charge on any atom is 0.243 e. The molecule has 0 bridgehead atoms. The number of nitrogens with one attached hydrogen (secondary N) is 2. The first-order chi connectivity index (χ1) is 14.3. The molecule has 7 heteroatoms. The van der Waals surface area contributed by atoms with Gasteiger partial charge in [-0.15, -0.1) is 0 Å². The van der Waals surface area contributed by atoms with Gasteiger partial charge in [0.05, 0.1) is 18.3 Å². The summed E-state index contributed by atoms with van der Waals surface area (Å²) >= 11 is 0. The Morgan fingerprint density at radius 2 is 1.77 bits per heavy atom. The molecule has 6 nitrogen and oxygen atoms in total. The van der Waals surface area contributed by atoms with E-state index in [1.807, 2.05) is 32.9 Å². The predicted octanol–water partition coefficient (Wildman–Crippen LogP) is 4.09. The molecule has 3 rings (SSSR count). The molecular formula is C23H24FN3O3. The Kier molecular flexibility index (Phi) is 6.61.